The van der Waals surface area contributed by atoms with Gasteiger partial charge < -0.3 is 0 Å². The van der Waals surface area contributed by atoms with Gasteiger partial charge in [-0.3, -0.25) is 0 Å². The molecule has 48 heavy (non-hydrogen) atoms. The van der Waals surface area contributed by atoms with Gasteiger partial charge >= 0.3 is 302 Å². The van der Waals surface area contributed by atoms with Gasteiger partial charge in [-0.05, 0) is 0 Å². The molecule has 0 fully saturated rings. The van der Waals surface area contributed by atoms with Crippen LogP contribution in [0, 0.1) is 23.7 Å². The van der Waals surface area contributed by atoms with Crippen molar-refractivity contribution < 1.29 is 0 Å². The third-order valence-corrected chi connectivity index (χ3v) is 14.9. The normalized spacial score (nSPS) is 12.4. The standard InChI is InChI=1S/C46H50Se2/c1-27(2)19-33-35-23-38-36(24-37(35)39(21-29(5)6)45-41(33)25-43(47-45)31-15-11-9-12-16-31)34(20-28(3)4)42-26-44(32-17-13-10-14-18-32)48-46(42)40(38)22-30(7)8/h9-18,23-30H,19-22H2,1-8H3. The second kappa shape index (κ2) is 13.8. The van der Waals surface area contributed by atoms with Crippen molar-refractivity contribution >= 4 is 69.8 Å². The summed E-state index contributed by atoms with van der Waals surface area (Å²) >= 11 is 0.597. The molecule has 7 rings (SSSR count). The predicted octanol–water partition coefficient (Wildman–Crippen LogP) is 12.5. The Morgan fingerprint density at radius 2 is 0.688 bits per heavy atom. The Bertz CT molecular complexity index is 1950. The van der Waals surface area contributed by atoms with Gasteiger partial charge in [0.15, 0.2) is 0 Å². The molecule has 2 heterocycles. The second-order valence-electron chi connectivity index (χ2n) is 15.7. The molecule has 5 aromatic carbocycles. The van der Waals surface area contributed by atoms with Crippen molar-refractivity contribution in [1.82, 2.24) is 0 Å². The zero-order valence-electron chi connectivity index (χ0n) is 30.0. The summed E-state index contributed by atoms with van der Waals surface area (Å²) in [5, 5.41) is 9.22. The van der Waals surface area contributed by atoms with Crippen LogP contribution in [0.4, 0.5) is 0 Å². The molecule has 0 bridgehead atoms. The molecule has 246 valence electrons. The summed E-state index contributed by atoms with van der Waals surface area (Å²) in [6.07, 6.45) is 4.50. The SMILES string of the molecule is CC(C)Cc1c2cc3c(CC(C)C)c4[se]c(-c5ccccc5)cc4c(CC(C)C)c3cc2c(CC(C)C)c2[se]c(-c3ccccc3)cc12. The van der Waals surface area contributed by atoms with E-state index in [1.807, 2.05) is 0 Å². The van der Waals surface area contributed by atoms with Crippen molar-refractivity contribution in [2.75, 3.05) is 0 Å². The summed E-state index contributed by atoms with van der Waals surface area (Å²) in [6, 6.07) is 32.9. The summed E-state index contributed by atoms with van der Waals surface area (Å²) in [6.45, 7) is 19.2. The molecule has 0 saturated carbocycles. The summed E-state index contributed by atoms with van der Waals surface area (Å²) in [5.41, 5.74) is 9.22. The van der Waals surface area contributed by atoms with Crippen molar-refractivity contribution in [3.8, 4) is 20.0 Å². The first-order valence-electron chi connectivity index (χ1n) is 18.1. The number of benzene rings is 5. The minimum atomic E-state index is 0.299. The third kappa shape index (κ3) is 6.43. The fourth-order valence-corrected chi connectivity index (χ4v) is 13.1. The van der Waals surface area contributed by atoms with Crippen molar-refractivity contribution in [3.63, 3.8) is 0 Å². The molecule has 0 aliphatic carbocycles. The number of hydrogen-bond donors (Lipinski definition) is 0. The van der Waals surface area contributed by atoms with E-state index in [1.54, 1.807) is 41.5 Å². The van der Waals surface area contributed by atoms with E-state index in [2.05, 4.69) is 140 Å². The molecular weight excluding hydrogens is 710 g/mol. The van der Waals surface area contributed by atoms with Crippen molar-refractivity contribution in [1.29, 1.82) is 0 Å². The molecule has 0 saturated heterocycles. The van der Waals surface area contributed by atoms with E-state index in [9.17, 15) is 0 Å². The Morgan fingerprint density at radius 3 is 1.02 bits per heavy atom. The Labute approximate surface area is 300 Å². The molecule has 2 heteroatoms. The van der Waals surface area contributed by atoms with Gasteiger partial charge in [-0.25, -0.2) is 0 Å². The first kappa shape index (κ1) is 33.6. The van der Waals surface area contributed by atoms with E-state index < -0.39 is 0 Å². The topological polar surface area (TPSA) is 0 Å². The van der Waals surface area contributed by atoms with Crippen LogP contribution in [0.25, 0.3) is 60.8 Å². The van der Waals surface area contributed by atoms with E-state index in [0.717, 1.165) is 25.7 Å². The molecule has 0 spiro atoms. The molecule has 0 radical (unpaired) electrons. The summed E-state index contributed by atoms with van der Waals surface area (Å²) in [5.74, 6) is 2.40. The van der Waals surface area contributed by atoms with E-state index in [1.165, 1.54) is 41.5 Å². The Morgan fingerprint density at radius 1 is 0.375 bits per heavy atom. The average Bonchev–Trinajstić information content (AvgIpc) is 3.70. The zero-order chi connectivity index (χ0) is 33.7. The van der Waals surface area contributed by atoms with Crippen LogP contribution in [0.5, 0.6) is 0 Å². The van der Waals surface area contributed by atoms with Crippen LogP contribution in [-0.2, 0) is 25.7 Å². The number of fused-ring (bicyclic) bond motifs is 4. The molecule has 0 aliphatic heterocycles. The van der Waals surface area contributed by atoms with E-state index >= 15 is 0 Å². The van der Waals surface area contributed by atoms with Crippen molar-refractivity contribution in [2.45, 2.75) is 81.1 Å². The minimum absolute atomic E-state index is 0.299. The third-order valence-electron chi connectivity index (χ3n) is 9.69. The van der Waals surface area contributed by atoms with Gasteiger partial charge in [0.05, 0.1) is 0 Å². The van der Waals surface area contributed by atoms with Crippen molar-refractivity contribution in [2.24, 2.45) is 23.7 Å². The molecule has 0 nitrogen and oxygen atoms in total. The summed E-state index contributed by atoms with van der Waals surface area (Å²) in [7, 11) is 0. The van der Waals surface area contributed by atoms with Gasteiger partial charge in [0, 0.05) is 0 Å². The Hall–Kier alpha value is -2.86. The molecule has 0 unspecified atom stereocenters. The van der Waals surface area contributed by atoms with Gasteiger partial charge in [0.1, 0.15) is 0 Å². The first-order chi connectivity index (χ1) is 23.1. The predicted molar refractivity (Wildman–Crippen MR) is 215 cm³/mol. The van der Waals surface area contributed by atoms with Crippen LogP contribution in [-0.4, -0.2) is 29.0 Å². The molecule has 7 aromatic rings. The Balaban J connectivity index is 1.65. The maximum absolute atomic E-state index is 2.70. The average molecular weight is 761 g/mol. The fraction of sp³-hybridized carbons (Fsp3) is 0.348. The molecular formula is C46H50Se2. The van der Waals surface area contributed by atoms with Crippen LogP contribution in [0.3, 0.4) is 0 Å². The molecule has 0 aliphatic rings. The van der Waals surface area contributed by atoms with E-state index in [0.29, 0.717) is 52.7 Å². The van der Waals surface area contributed by atoms with Crippen LogP contribution >= 0.6 is 0 Å². The van der Waals surface area contributed by atoms with Crippen LogP contribution in [0.1, 0.15) is 77.6 Å². The summed E-state index contributed by atoms with van der Waals surface area (Å²) < 4.78 is 6.38. The van der Waals surface area contributed by atoms with Gasteiger partial charge in [-0.2, -0.15) is 0 Å². The number of rotatable bonds is 10. The van der Waals surface area contributed by atoms with Crippen LogP contribution in [0.15, 0.2) is 84.9 Å². The monoisotopic (exact) mass is 762 g/mol. The molecule has 0 atom stereocenters. The zero-order valence-corrected chi connectivity index (χ0v) is 33.5. The van der Waals surface area contributed by atoms with E-state index in [-0.39, 0.29) is 0 Å². The molecule has 0 amide bonds. The quantitative estimate of drug-likeness (QED) is 0.0962. The Kier molecular flexibility index (Phi) is 9.67. The van der Waals surface area contributed by atoms with Gasteiger partial charge in [0.25, 0.3) is 0 Å². The van der Waals surface area contributed by atoms with Gasteiger partial charge in [0.2, 0.25) is 0 Å². The second-order valence-corrected chi connectivity index (χ2v) is 20.1. The van der Waals surface area contributed by atoms with E-state index in [4.69, 9.17) is 0 Å². The van der Waals surface area contributed by atoms with Crippen LogP contribution < -0.4 is 0 Å². The first-order valence-corrected chi connectivity index (χ1v) is 21.5. The molecule has 0 N–H and O–H groups in total. The summed E-state index contributed by atoms with van der Waals surface area (Å²) in [4.78, 5) is 0. The fourth-order valence-electron chi connectivity index (χ4n) is 7.78. The van der Waals surface area contributed by atoms with Gasteiger partial charge in [-0.1, -0.05) is 0 Å². The number of hydrogen-bond acceptors (Lipinski definition) is 0. The van der Waals surface area contributed by atoms with Crippen molar-refractivity contribution in [3.05, 3.63) is 107 Å². The maximum atomic E-state index is 2.70. The molecule has 2 aromatic heterocycles. The van der Waals surface area contributed by atoms with Crippen LogP contribution in [0.2, 0.25) is 0 Å². The van der Waals surface area contributed by atoms with Gasteiger partial charge in [-0.15, -0.1) is 0 Å².